The van der Waals surface area contributed by atoms with Gasteiger partial charge in [0.1, 0.15) is 5.82 Å². The Labute approximate surface area is 126 Å². The first-order valence-electron chi connectivity index (χ1n) is 8.41. The van der Waals surface area contributed by atoms with Crippen molar-refractivity contribution in [2.45, 2.75) is 64.2 Å². The van der Waals surface area contributed by atoms with E-state index in [0.717, 1.165) is 30.9 Å². The van der Waals surface area contributed by atoms with Gasteiger partial charge in [-0.1, -0.05) is 38.5 Å². The summed E-state index contributed by atoms with van der Waals surface area (Å²) in [7, 11) is 2.11. The zero-order chi connectivity index (χ0) is 14.8. The summed E-state index contributed by atoms with van der Waals surface area (Å²) in [6.07, 6.45) is 11.4. The maximum Gasteiger partial charge on any atom is 0.306 e. The van der Waals surface area contributed by atoms with Gasteiger partial charge >= 0.3 is 5.97 Å². The van der Waals surface area contributed by atoms with Gasteiger partial charge in [-0.25, -0.2) is 4.98 Å². The molecule has 2 aliphatic rings. The highest BCUT2D eigenvalue weighted by Gasteiger charge is 2.29. The van der Waals surface area contributed by atoms with E-state index in [-0.39, 0.29) is 5.92 Å². The smallest absolute Gasteiger partial charge is 0.306 e. The second kappa shape index (κ2) is 6.20. The molecular formula is C17H26N2O2. The van der Waals surface area contributed by atoms with Crippen LogP contribution in [0.15, 0.2) is 0 Å². The maximum atomic E-state index is 11.2. The molecule has 1 aromatic rings. The second-order valence-electron chi connectivity index (χ2n) is 6.82. The van der Waals surface area contributed by atoms with Crippen LogP contribution in [0, 0.1) is 11.8 Å². The van der Waals surface area contributed by atoms with Crippen LogP contribution in [0.5, 0.6) is 0 Å². The third-order valence-electron chi connectivity index (χ3n) is 5.35. The van der Waals surface area contributed by atoms with E-state index < -0.39 is 5.97 Å². The molecular weight excluding hydrogens is 264 g/mol. The Balaban J connectivity index is 1.74. The number of hydrogen-bond donors (Lipinski definition) is 1. The zero-order valence-electron chi connectivity index (χ0n) is 13.0. The molecule has 0 aromatic carbocycles. The van der Waals surface area contributed by atoms with Gasteiger partial charge in [-0.3, -0.25) is 4.79 Å². The number of imidazole rings is 1. The molecule has 3 rings (SSSR count). The van der Waals surface area contributed by atoms with Gasteiger partial charge < -0.3 is 9.67 Å². The van der Waals surface area contributed by atoms with Crippen LogP contribution < -0.4 is 0 Å². The van der Waals surface area contributed by atoms with E-state index in [0.29, 0.717) is 6.42 Å². The van der Waals surface area contributed by atoms with Crippen molar-refractivity contribution >= 4 is 5.97 Å². The molecule has 1 aromatic heterocycles. The summed E-state index contributed by atoms with van der Waals surface area (Å²) in [5.74, 6) is 1.04. The van der Waals surface area contributed by atoms with Crippen molar-refractivity contribution in [1.82, 2.24) is 9.55 Å². The lowest BCUT2D eigenvalue weighted by Gasteiger charge is -2.18. The number of carboxylic acids is 1. The summed E-state index contributed by atoms with van der Waals surface area (Å²) in [5, 5.41) is 9.20. The van der Waals surface area contributed by atoms with E-state index in [2.05, 4.69) is 11.6 Å². The Hall–Kier alpha value is -1.32. The Morgan fingerprint density at radius 3 is 2.62 bits per heavy atom. The predicted molar refractivity (Wildman–Crippen MR) is 81.3 cm³/mol. The lowest BCUT2D eigenvalue weighted by atomic mass is 9.90. The number of carboxylic acid groups (broad SMARTS) is 1. The van der Waals surface area contributed by atoms with Crippen LogP contribution in [0.1, 0.15) is 62.2 Å². The minimum atomic E-state index is -0.670. The molecule has 2 aliphatic carbocycles. The third-order valence-corrected chi connectivity index (χ3v) is 5.35. The van der Waals surface area contributed by atoms with Gasteiger partial charge in [-0.15, -0.1) is 0 Å². The second-order valence-corrected chi connectivity index (χ2v) is 6.82. The van der Waals surface area contributed by atoms with Crippen molar-refractivity contribution in [2.75, 3.05) is 0 Å². The van der Waals surface area contributed by atoms with Crippen molar-refractivity contribution in [3.8, 4) is 0 Å². The van der Waals surface area contributed by atoms with E-state index in [9.17, 15) is 9.90 Å². The average molecular weight is 290 g/mol. The van der Waals surface area contributed by atoms with Crippen LogP contribution in [-0.4, -0.2) is 20.6 Å². The molecule has 0 amide bonds. The van der Waals surface area contributed by atoms with E-state index in [1.165, 1.54) is 50.0 Å². The van der Waals surface area contributed by atoms with Crippen LogP contribution >= 0.6 is 0 Å². The number of aromatic nitrogens is 2. The zero-order valence-corrected chi connectivity index (χ0v) is 13.0. The summed E-state index contributed by atoms with van der Waals surface area (Å²) in [4.78, 5) is 16.0. The predicted octanol–water partition coefficient (Wildman–Crippen LogP) is 3.12. The van der Waals surface area contributed by atoms with Crippen LogP contribution in [-0.2, 0) is 31.1 Å². The molecule has 4 nitrogen and oxygen atoms in total. The van der Waals surface area contributed by atoms with Gasteiger partial charge in [0.05, 0.1) is 11.6 Å². The molecule has 0 spiro atoms. The number of fused-ring (bicyclic) bond motifs is 1. The lowest BCUT2D eigenvalue weighted by Crippen LogP contribution is -2.22. The summed E-state index contributed by atoms with van der Waals surface area (Å²) < 4.78 is 2.25. The monoisotopic (exact) mass is 290 g/mol. The van der Waals surface area contributed by atoms with Crippen LogP contribution in [0.25, 0.3) is 0 Å². The largest absolute Gasteiger partial charge is 0.481 e. The molecule has 0 bridgehead atoms. The molecule has 0 radical (unpaired) electrons. The fraction of sp³-hybridized carbons (Fsp3) is 0.765. The van der Waals surface area contributed by atoms with Gasteiger partial charge in [0.15, 0.2) is 0 Å². The maximum absolute atomic E-state index is 11.2. The van der Waals surface area contributed by atoms with Gasteiger partial charge in [0.2, 0.25) is 0 Å². The summed E-state index contributed by atoms with van der Waals surface area (Å²) in [6, 6.07) is 0. The SMILES string of the molecule is Cn1c(CC2CCCCCC2)nc2c1CCC(C(=O)O)C2. The molecule has 1 heterocycles. The quantitative estimate of drug-likeness (QED) is 0.870. The van der Waals surface area contributed by atoms with Gasteiger partial charge in [-0.2, -0.15) is 0 Å². The van der Waals surface area contributed by atoms with E-state index in [1.54, 1.807) is 0 Å². The number of carbonyl (C=O) groups is 1. The molecule has 1 N–H and O–H groups in total. The van der Waals surface area contributed by atoms with Crippen molar-refractivity contribution in [1.29, 1.82) is 0 Å². The van der Waals surface area contributed by atoms with Crippen molar-refractivity contribution < 1.29 is 9.90 Å². The highest BCUT2D eigenvalue weighted by Crippen LogP contribution is 2.29. The minimum absolute atomic E-state index is 0.238. The molecule has 116 valence electrons. The number of aliphatic carboxylic acids is 1. The summed E-state index contributed by atoms with van der Waals surface area (Å²) in [5.41, 5.74) is 2.32. The van der Waals surface area contributed by atoms with Crippen LogP contribution in [0.3, 0.4) is 0 Å². The van der Waals surface area contributed by atoms with Crippen molar-refractivity contribution in [2.24, 2.45) is 18.9 Å². The normalized spacial score (nSPS) is 23.6. The van der Waals surface area contributed by atoms with Gasteiger partial charge in [0, 0.05) is 25.6 Å². The molecule has 1 fully saturated rings. The number of hydrogen-bond acceptors (Lipinski definition) is 2. The fourth-order valence-electron chi connectivity index (χ4n) is 3.99. The highest BCUT2D eigenvalue weighted by molar-refractivity contribution is 5.70. The van der Waals surface area contributed by atoms with Crippen LogP contribution in [0.4, 0.5) is 0 Å². The highest BCUT2D eigenvalue weighted by atomic mass is 16.4. The van der Waals surface area contributed by atoms with Gasteiger partial charge in [-0.05, 0) is 18.8 Å². The van der Waals surface area contributed by atoms with E-state index in [1.807, 2.05) is 0 Å². The topological polar surface area (TPSA) is 55.1 Å². The summed E-state index contributed by atoms with van der Waals surface area (Å²) >= 11 is 0. The number of nitrogens with zero attached hydrogens (tertiary/aromatic N) is 2. The third kappa shape index (κ3) is 3.14. The van der Waals surface area contributed by atoms with E-state index >= 15 is 0 Å². The standard InChI is InChI=1S/C17H26N2O2/c1-19-15-9-8-13(17(20)21)11-14(15)18-16(19)10-12-6-4-2-3-5-7-12/h12-13H,2-11H2,1H3,(H,20,21). The molecule has 1 saturated carbocycles. The number of rotatable bonds is 3. The van der Waals surface area contributed by atoms with E-state index in [4.69, 9.17) is 4.98 Å². The Bertz CT molecular complexity index is 513. The van der Waals surface area contributed by atoms with Gasteiger partial charge in [0.25, 0.3) is 0 Å². The molecule has 0 saturated heterocycles. The summed E-state index contributed by atoms with van der Waals surface area (Å²) in [6.45, 7) is 0. The first-order valence-corrected chi connectivity index (χ1v) is 8.41. The van der Waals surface area contributed by atoms with Crippen LogP contribution in [0.2, 0.25) is 0 Å². The van der Waals surface area contributed by atoms with Crippen molar-refractivity contribution in [3.05, 3.63) is 17.2 Å². The Kier molecular flexibility index (Phi) is 4.32. The fourth-order valence-corrected chi connectivity index (χ4v) is 3.99. The molecule has 1 unspecified atom stereocenters. The Morgan fingerprint density at radius 1 is 1.24 bits per heavy atom. The molecule has 1 atom stereocenters. The molecule has 0 aliphatic heterocycles. The minimum Gasteiger partial charge on any atom is -0.481 e. The Morgan fingerprint density at radius 2 is 1.95 bits per heavy atom. The first kappa shape index (κ1) is 14.6. The molecule has 4 heteroatoms. The van der Waals surface area contributed by atoms with Crippen molar-refractivity contribution in [3.63, 3.8) is 0 Å². The lowest BCUT2D eigenvalue weighted by molar-refractivity contribution is -0.142. The molecule has 21 heavy (non-hydrogen) atoms. The first-order chi connectivity index (χ1) is 10.1. The average Bonchev–Trinajstić information content (AvgIpc) is 2.66.